The number of likely N-dealkylation sites (N-methyl/N-ethyl adjacent to an activating group) is 1. The van der Waals surface area contributed by atoms with Crippen molar-refractivity contribution < 1.29 is 9.53 Å². The summed E-state index contributed by atoms with van der Waals surface area (Å²) in [6.45, 7) is 6.48. The molecule has 2 fully saturated rings. The molecule has 7 nitrogen and oxygen atoms in total. The molecule has 3 N–H and O–H groups in total. The first-order valence-electron chi connectivity index (χ1n) is 10.4. The summed E-state index contributed by atoms with van der Waals surface area (Å²) in [5.41, 5.74) is 0.0993. The maximum atomic E-state index is 12.4. The summed E-state index contributed by atoms with van der Waals surface area (Å²) >= 11 is 0. The van der Waals surface area contributed by atoms with E-state index in [0.29, 0.717) is 0 Å². The van der Waals surface area contributed by atoms with Gasteiger partial charge in [-0.25, -0.2) is 0 Å². The lowest BCUT2D eigenvalue weighted by atomic mass is 9.85. The Morgan fingerprint density at radius 2 is 1.93 bits per heavy atom. The quantitative estimate of drug-likeness (QED) is 0.290. The zero-order valence-corrected chi connectivity index (χ0v) is 20.5. The van der Waals surface area contributed by atoms with E-state index in [4.69, 9.17) is 4.74 Å². The van der Waals surface area contributed by atoms with Crippen LogP contribution >= 0.6 is 24.0 Å². The molecule has 0 aromatic rings. The maximum absolute atomic E-state index is 12.4. The average molecular weight is 509 g/mol. The molecule has 0 radical (unpaired) electrons. The number of hydrogen-bond acceptors (Lipinski definition) is 4. The Morgan fingerprint density at radius 1 is 1.25 bits per heavy atom. The minimum absolute atomic E-state index is 0. The molecule has 0 aromatic carbocycles. The second-order valence-electron chi connectivity index (χ2n) is 8.52. The van der Waals surface area contributed by atoms with Crippen LogP contribution < -0.4 is 16.0 Å². The summed E-state index contributed by atoms with van der Waals surface area (Å²) < 4.78 is 5.55. The molecule has 1 heterocycles. The van der Waals surface area contributed by atoms with Crippen molar-refractivity contribution in [1.29, 1.82) is 0 Å². The molecular formula is C20H40IN5O2. The first-order valence-corrected chi connectivity index (χ1v) is 10.4. The van der Waals surface area contributed by atoms with Gasteiger partial charge in [0.15, 0.2) is 5.96 Å². The Morgan fingerprint density at radius 3 is 2.50 bits per heavy atom. The van der Waals surface area contributed by atoms with E-state index in [9.17, 15) is 4.79 Å². The minimum atomic E-state index is 0. The lowest BCUT2D eigenvalue weighted by Crippen LogP contribution is -2.58. The number of rotatable bonds is 6. The van der Waals surface area contributed by atoms with Gasteiger partial charge in [-0.2, -0.15) is 0 Å². The molecule has 164 valence electrons. The summed E-state index contributed by atoms with van der Waals surface area (Å²) in [5.74, 6) is 1.12. The molecule has 2 unspecified atom stereocenters. The predicted molar refractivity (Wildman–Crippen MR) is 125 cm³/mol. The highest BCUT2D eigenvalue weighted by Gasteiger charge is 2.35. The van der Waals surface area contributed by atoms with Crippen LogP contribution in [0.15, 0.2) is 4.99 Å². The number of amides is 1. The van der Waals surface area contributed by atoms with Gasteiger partial charge in [0, 0.05) is 50.3 Å². The van der Waals surface area contributed by atoms with Crippen LogP contribution in [0.3, 0.4) is 0 Å². The second kappa shape index (κ2) is 12.2. The van der Waals surface area contributed by atoms with Crippen molar-refractivity contribution in [2.45, 2.75) is 70.0 Å². The Labute approximate surface area is 187 Å². The van der Waals surface area contributed by atoms with Crippen molar-refractivity contribution >= 4 is 35.8 Å². The van der Waals surface area contributed by atoms with E-state index in [-0.39, 0.29) is 53.4 Å². The van der Waals surface area contributed by atoms with Gasteiger partial charge < -0.3 is 25.6 Å². The van der Waals surface area contributed by atoms with Crippen LogP contribution in [0.1, 0.15) is 52.4 Å². The highest BCUT2D eigenvalue weighted by molar-refractivity contribution is 14.0. The average Bonchev–Trinajstić information content (AvgIpc) is 2.65. The second-order valence-corrected chi connectivity index (χ2v) is 8.52. The smallest absolute Gasteiger partial charge is 0.223 e. The van der Waals surface area contributed by atoms with E-state index in [1.807, 2.05) is 20.9 Å². The molecule has 8 heteroatoms. The van der Waals surface area contributed by atoms with E-state index in [1.165, 1.54) is 0 Å². The lowest BCUT2D eigenvalue weighted by Gasteiger charge is -2.43. The van der Waals surface area contributed by atoms with Crippen LogP contribution in [0.5, 0.6) is 0 Å². The van der Waals surface area contributed by atoms with Crippen LogP contribution in [0.4, 0.5) is 0 Å². The minimum Gasteiger partial charge on any atom is -0.381 e. The van der Waals surface area contributed by atoms with Crippen molar-refractivity contribution in [2.24, 2.45) is 10.9 Å². The summed E-state index contributed by atoms with van der Waals surface area (Å²) in [6.07, 6.45) is 6.04. The first-order chi connectivity index (χ1) is 12.9. The molecule has 2 aliphatic rings. The molecule has 0 spiro atoms. The van der Waals surface area contributed by atoms with E-state index in [2.05, 4.69) is 39.9 Å². The standard InChI is InChI=1S/C20H39N5O2.HI/c1-15(2)23-18(26)16-7-6-8-17(13-16)24-19(21-3)22-14-20(25(4)5)9-11-27-12-10-20;/h15-17H,6-14H2,1-5H3,(H,23,26)(H2,21,22,24);1H. The van der Waals surface area contributed by atoms with Gasteiger partial charge in [0.2, 0.25) is 5.91 Å². The van der Waals surface area contributed by atoms with Crippen LogP contribution in [0, 0.1) is 5.92 Å². The molecule has 1 saturated carbocycles. The molecule has 2 rings (SSSR count). The van der Waals surface area contributed by atoms with Crippen LogP contribution in [-0.4, -0.2) is 75.3 Å². The van der Waals surface area contributed by atoms with Crippen molar-refractivity contribution in [2.75, 3.05) is 40.9 Å². The van der Waals surface area contributed by atoms with Gasteiger partial charge in [-0.3, -0.25) is 9.79 Å². The van der Waals surface area contributed by atoms with E-state index < -0.39 is 0 Å². The van der Waals surface area contributed by atoms with Crippen LogP contribution in [0.2, 0.25) is 0 Å². The summed E-state index contributed by atoms with van der Waals surface area (Å²) in [4.78, 5) is 19.1. The fourth-order valence-corrected chi connectivity index (χ4v) is 4.13. The van der Waals surface area contributed by atoms with Crippen molar-refractivity contribution in [3.8, 4) is 0 Å². The SMILES string of the molecule is CN=C(NCC1(N(C)C)CCOCC1)NC1CCCC(C(=O)NC(C)C)C1.I. The molecule has 1 saturated heterocycles. The monoisotopic (exact) mass is 509 g/mol. The van der Waals surface area contributed by atoms with E-state index in [0.717, 1.165) is 64.2 Å². The highest BCUT2D eigenvalue weighted by Crippen LogP contribution is 2.26. The van der Waals surface area contributed by atoms with E-state index in [1.54, 1.807) is 0 Å². The Balaban J connectivity index is 0.00000392. The molecule has 0 bridgehead atoms. The fourth-order valence-electron chi connectivity index (χ4n) is 4.13. The number of halogens is 1. The third-order valence-electron chi connectivity index (χ3n) is 6.00. The zero-order chi connectivity index (χ0) is 19.9. The normalized spacial score (nSPS) is 25.2. The Hall–Kier alpha value is -0.610. The number of ether oxygens (including phenoxy) is 1. The lowest BCUT2D eigenvalue weighted by molar-refractivity contribution is -0.126. The number of nitrogens with zero attached hydrogens (tertiary/aromatic N) is 2. The predicted octanol–water partition coefficient (Wildman–Crippen LogP) is 1.96. The van der Waals surface area contributed by atoms with Gasteiger partial charge in [0.1, 0.15) is 0 Å². The molecule has 1 aliphatic carbocycles. The van der Waals surface area contributed by atoms with Gasteiger partial charge in [-0.15, -0.1) is 24.0 Å². The van der Waals surface area contributed by atoms with Gasteiger partial charge in [-0.05, 0) is 60.0 Å². The first kappa shape index (κ1) is 25.4. The third kappa shape index (κ3) is 7.33. The number of carbonyl (C=O) groups excluding carboxylic acids is 1. The zero-order valence-electron chi connectivity index (χ0n) is 18.2. The van der Waals surface area contributed by atoms with Gasteiger partial charge in [0.05, 0.1) is 0 Å². The van der Waals surface area contributed by atoms with Crippen LogP contribution in [0.25, 0.3) is 0 Å². The number of guanidine groups is 1. The topological polar surface area (TPSA) is 78.0 Å². The fraction of sp³-hybridized carbons (Fsp3) is 0.900. The Kier molecular flexibility index (Phi) is 11.1. The highest BCUT2D eigenvalue weighted by atomic mass is 127. The van der Waals surface area contributed by atoms with Gasteiger partial charge >= 0.3 is 0 Å². The third-order valence-corrected chi connectivity index (χ3v) is 6.00. The van der Waals surface area contributed by atoms with Gasteiger partial charge in [0.25, 0.3) is 0 Å². The molecule has 1 aliphatic heterocycles. The van der Waals surface area contributed by atoms with Crippen LogP contribution in [-0.2, 0) is 9.53 Å². The van der Waals surface area contributed by atoms with Crippen molar-refractivity contribution in [1.82, 2.24) is 20.9 Å². The number of aliphatic imine (C=N–C) groups is 1. The number of nitrogens with one attached hydrogen (secondary N) is 3. The van der Waals surface area contributed by atoms with Crippen molar-refractivity contribution in [3.63, 3.8) is 0 Å². The molecule has 1 amide bonds. The Bertz CT molecular complexity index is 507. The van der Waals surface area contributed by atoms with Gasteiger partial charge in [-0.1, -0.05) is 6.42 Å². The summed E-state index contributed by atoms with van der Waals surface area (Å²) in [6, 6.07) is 0.486. The number of carbonyl (C=O) groups is 1. The largest absolute Gasteiger partial charge is 0.381 e. The molecule has 2 atom stereocenters. The van der Waals surface area contributed by atoms with E-state index >= 15 is 0 Å². The van der Waals surface area contributed by atoms with Crippen molar-refractivity contribution in [3.05, 3.63) is 0 Å². The molecular weight excluding hydrogens is 469 g/mol. The molecule has 0 aromatic heterocycles. The molecule has 28 heavy (non-hydrogen) atoms. The summed E-state index contributed by atoms with van der Waals surface area (Å²) in [7, 11) is 6.10. The maximum Gasteiger partial charge on any atom is 0.223 e. The summed E-state index contributed by atoms with van der Waals surface area (Å²) in [5, 5.41) is 10.1. The number of hydrogen-bond donors (Lipinski definition) is 3.